The summed E-state index contributed by atoms with van der Waals surface area (Å²) in [5.41, 5.74) is 0. The Labute approximate surface area is 105 Å². The first-order valence-corrected chi connectivity index (χ1v) is 10.2. The van der Waals surface area contributed by atoms with Crippen LogP contribution in [0.5, 0.6) is 0 Å². The molecule has 4 nitrogen and oxygen atoms in total. The second-order valence-electron chi connectivity index (χ2n) is 2.47. The Morgan fingerprint density at radius 3 is 2.53 bits per heavy atom. The van der Waals surface area contributed by atoms with Crippen molar-refractivity contribution >= 4 is 45.4 Å². The number of ether oxygens (including phenoxy) is 2. The van der Waals surface area contributed by atoms with E-state index in [0.717, 1.165) is 6.65 Å². The molecule has 0 fully saturated rings. The molecule has 1 unspecified atom stereocenters. The molecule has 0 aliphatic rings. The summed E-state index contributed by atoms with van der Waals surface area (Å²) >= 11 is -2.96. The first kappa shape index (κ1) is 13.9. The van der Waals surface area contributed by atoms with Crippen LogP contribution in [0.15, 0.2) is 4.94 Å². The van der Waals surface area contributed by atoms with Gasteiger partial charge in [-0.25, -0.2) is 0 Å². The van der Waals surface area contributed by atoms with Crippen molar-refractivity contribution in [2.45, 2.75) is 20.1 Å². The van der Waals surface area contributed by atoms with Crippen LogP contribution in [0, 0.1) is 0 Å². The van der Waals surface area contributed by atoms with Crippen LogP contribution in [0.2, 0.25) is 0 Å². The summed E-state index contributed by atoms with van der Waals surface area (Å²) < 4.78 is 34.3. The maximum absolute atomic E-state index is 10.9. The van der Waals surface area contributed by atoms with Gasteiger partial charge in [-0.1, -0.05) is 0 Å². The fourth-order valence-electron chi connectivity index (χ4n) is 0.943. The van der Waals surface area contributed by atoms with Crippen molar-refractivity contribution in [3.63, 3.8) is 0 Å². The number of hydrogen-bond donors (Lipinski definition) is 0. The second kappa shape index (κ2) is 7.23. The molecular formula is C8H12O4Se3. The minimum atomic E-state index is -2.91. The summed E-state index contributed by atoms with van der Waals surface area (Å²) in [6.45, 7) is 4.97. The summed E-state index contributed by atoms with van der Waals surface area (Å²) in [5.74, 6) is 0. The molecule has 1 atom stereocenters. The molecule has 7 heteroatoms. The van der Waals surface area contributed by atoms with E-state index in [1.807, 2.05) is 18.8 Å². The van der Waals surface area contributed by atoms with Gasteiger partial charge in [0, 0.05) is 0 Å². The van der Waals surface area contributed by atoms with Gasteiger partial charge in [0.05, 0.1) is 0 Å². The van der Waals surface area contributed by atoms with Gasteiger partial charge in [0.25, 0.3) is 0 Å². The van der Waals surface area contributed by atoms with Crippen molar-refractivity contribution in [2.75, 3.05) is 13.2 Å². The first-order chi connectivity index (χ1) is 7.19. The fourth-order valence-corrected chi connectivity index (χ4v) is 9.34. The summed E-state index contributed by atoms with van der Waals surface area (Å²) in [5, 5.41) is 0. The van der Waals surface area contributed by atoms with Crippen molar-refractivity contribution in [1.82, 2.24) is 0 Å². The molecule has 0 bridgehead atoms. The summed E-state index contributed by atoms with van der Waals surface area (Å²) in [7, 11) is 0. The molecule has 1 aromatic rings. The third-order valence-corrected chi connectivity index (χ3v) is 12.4. The summed E-state index contributed by atoms with van der Waals surface area (Å²) in [6.07, 6.45) is -0.329. The Balaban J connectivity index is 2.76. The van der Waals surface area contributed by atoms with Gasteiger partial charge in [0.1, 0.15) is 0 Å². The fraction of sp³-hybridized carbons (Fsp3) is 0.625. The molecular weight excluding hydrogens is 397 g/mol. The third kappa shape index (κ3) is 4.31. The van der Waals surface area contributed by atoms with Crippen LogP contribution < -0.4 is 6.40 Å². The molecule has 15 heavy (non-hydrogen) atoms. The van der Waals surface area contributed by atoms with Gasteiger partial charge in [-0.3, -0.25) is 0 Å². The van der Waals surface area contributed by atoms with E-state index < -0.39 is 14.2 Å². The van der Waals surface area contributed by atoms with Crippen LogP contribution in [0.1, 0.15) is 24.6 Å². The van der Waals surface area contributed by atoms with Gasteiger partial charge in [-0.2, -0.15) is 0 Å². The normalized spacial score (nSPS) is 13.3. The van der Waals surface area contributed by atoms with E-state index in [-0.39, 0.29) is 35.3 Å². The zero-order valence-electron chi connectivity index (χ0n) is 8.43. The first-order valence-electron chi connectivity index (χ1n) is 4.43. The predicted molar refractivity (Wildman–Crippen MR) is 56.8 cm³/mol. The molecule has 0 amide bonds. The van der Waals surface area contributed by atoms with Crippen molar-refractivity contribution in [2.24, 2.45) is 0 Å². The van der Waals surface area contributed by atoms with Gasteiger partial charge < -0.3 is 0 Å². The molecule has 0 aromatic carbocycles. The SMILES string of the molecule is CCOC(OCC)c1c[se+]c([Se](=O)[O-])[se]1. The van der Waals surface area contributed by atoms with Crippen LogP contribution in [-0.2, 0) is 13.3 Å². The van der Waals surface area contributed by atoms with E-state index >= 15 is 0 Å². The molecule has 0 spiro atoms. The van der Waals surface area contributed by atoms with Crippen LogP contribution in [0.4, 0.5) is 0 Å². The second-order valence-corrected chi connectivity index (χ2v) is 12.4. The molecule has 1 heterocycles. The van der Waals surface area contributed by atoms with Gasteiger partial charge in [0.15, 0.2) is 0 Å². The molecule has 0 saturated carbocycles. The van der Waals surface area contributed by atoms with E-state index in [9.17, 15) is 8.02 Å². The zero-order valence-corrected chi connectivity index (χ0v) is 13.6. The van der Waals surface area contributed by atoms with Gasteiger partial charge in [-0.05, 0) is 0 Å². The van der Waals surface area contributed by atoms with Crippen molar-refractivity contribution in [3.05, 3.63) is 9.38 Å². The van der Waals surface area contributed by atoms with Gasteiger partial charge in [0.2, 0.25) is 0 Å². The van der Waals surface area contributed by atoms with E-state index in [2.05, 4.69) is 0 Å². The molecule has 0 N–H and O–H groups in total. The average molecular weight is 409 g/mol. The van der Waals surface area contributed by atoms with E-state index in [1.165, 1.54) is 0 Å². The predicted octanol–water partition coefficient (Wildman–Crippen LogP) is -1.36. The standard InChI is InChI=1S/C8H12O4Se3/c1-3-11-7(12-4-2)6-5-13-8(14-6)15(9)10/h5,7H,3-4H2,1-2H3. The Morgan fingerprint density at radius 2 is 2.13 bits per heavy atom. The Morgan fingerprint density at radius 1 is 1.53 bits per heavy atom. The van der Waals surface area contributed by atoms with E-state index in [1.54, 1.807) is 0 Å². The van der Waals surface area contributed by atoms with Crippen LogP contribution in [-0.4, -0.2) is 56.4 Å². The molecule has 0 aliphatic heterocycles. The van der Waals surface area contributed by atoms with Gasteiger partial charge in [-0.15, -0.1) is 0 Å². The van der Waals surface area contributed by atoms with Crippen molar-refractivity contribution < 1.29 is 17.5 Å². The minimum absolute atomic E-state index is 0.00987. The average Bonchev–Trinajstić information content (AvgIpc) is 2.66. The Bertz CT molecular complexity index is 319. The molecule has 86 valence electrons. The van der Waals surface area contributed by atoms with Crippen LogP contribution in [0.3, 0.4) is 0 Å². The topological polar surface area (TPSA) is 58.6 Å². The summed E-state index contributed by atoms with van der Waals surface area (Å²) in [6, 6.07) is 0. The van der Waals surface area contributed by atoms with Crippen molar-refractivity contribution in [1.29, 1.82) is 0 Å². The molecule has 1 aromatic heterocycles. The zero-order chi connectivity index (χ0) is 11.3. The molecule has 0 radical (unpaired) electrons. The monoisotopic (exact) mass is 412 g/mol. The third-order valence-electron chi connectivity index (χ3n) is 1.48. The number of rotatable bonds is 6. The van der Waals surface area contributed by atoms with E-state index in [0.29, 0.717) is 13.2 Å². The molecule has 0 aliphatic carbocycles. The Hall–Kier alpha value is 0.848. The summed E-state index contributed by atoms with van der Waals surface area (Å²) in [4.78, 5) is 1.99. The van der Waals surface area contributed by atoms with Crippen molar-refractivity contribution in [3.8, 4) is 0 Å². The Kier molecular flexibility index (Phi) is 6.70. The number of hydrogen-bond acceptors (Lipinski definition) is 4. The molecule has 1 rings (SSSR count). The van der Waals surface area contributed by atoms with Crippen LogP contribution in [0.25, 0.3) is 0 Å². The van der Waals surface area contributed by atoms with E-state index in [4.69, 9.17) is 9.47 Å². The van der Waals surface area contributed by atoms with Crippen LogP contribution >= 0.6 is 0 Å². The maximum atomic E-state index is 10.9. The molecule has 0 saturated heterocycles. The van der Waals surface area contributed by atoms with Gasteiger partial charge >= 0.3 is 106 Å². The quantitative estimate of drug-likeness (QED) is 0.431.